The standard InChI is InChI=1S/C20H22N8O5.C20H34O4/c1-28(9-11-8-23-17-15(24-11)16(21)26-20(22)27-17)12-4-2-10(3-5-12)18(31)25-13(19(32)33)6-7-14(29)30;1-17(11-21)15-4-3-13-9-14-10-19(13,7-8-20(14,24)12-22)18(15,2)6-5-16(17)23/h2-5,8,13H,6-7,9H2,1H3,(H,25,31)(H,29,30)(H,32,33)(H4,21,22,23,26,27);13-16,21-24H,3-12H2,1-2H3/t13-;13-,14+,15-,16+,17-,18-,19-,20-/m00/s1. The predicted molar refractivity (Wildman–Crippen MR) is 209 cm³/mol. The first-order valence-electron chi connectivity index (χ1n) is 19.6. The van der Waals surface area contributed by atoms with E-state index in [9.17, 15) is 39.9 Å². The Bertz CT molecular complexity index is 1990. The van der Waals surface area contributed by atoms with Gasteiger partial charge in [-0.05, 0) is 111 Å². The van der Waals surface area contributed by atoms with Crippen LogP contribution in [-0.2, 0) is 16.1 Å². The summed E-state index contributed by atoms with van der Waals surface area (Å²) in [4.78, 5) is 52.7. The molecule has 9 atom stereocenters. The van der Waals surface area contributed by atoms with Gasteiger partial charge < -0.3 is 52.3 Å². The number of nitrogens with two attached hydrogens (primary N) is 2. The number of aromatic nitrogens is 4. The van der Waals surface area contributed by atoms with E-state index in [-0.39, 0.29) is 60.1 Å². The Labute approximate surface area is 330 Å². The molecular formula is C40H56N8O9. The van der Waals surface area contributed by atoms with Crippen LogP contribution in [-0.4, -0.2) is 106 Å². The van der Waals surface area contributed by atoms with E-state index in [0.29, 0.717) is 41.7 Å². The predicted octanol–water partition coefficient (Wildman–Crippen LogP) is 2.35. The van der Waals surface area contributed by atoms with Crippen molar-refractivity contribution in [1.82, 2.24) is 25.3 Å². The van der Waals surface area contributed by atoms with Crippen molar-refractivity contribution in [1.29, 1.82) is 0 Å². The highest BCUT2D eigenvalue weighted by atomic mass is 16.4. The molecule has 0 saturated heterocycles. The molecule has 0 unspecified atom stereocenters. The summed E-state index contributed by atoms with van der Waals surface area (Å²) in [5.74, 6) is -1.73. The molecule has 4 aliphatic carbocycles. The smallest absolute Gasteiger partial charge is 0.326 e. The third kappa shape index (κ3) is 7.69. The molecule has 4 aliphatic rings. The Kier molecular flexibility index (Phi) is 11.7. The molecule has 4 fully saturated rings. The molecule has 2 aromatic heterocycles. The molecule has 0 radical (unpaired) electrons. The Hall–Kier alpha value is -4.71. The lowest BCUT2D eigenvalue weighted by Crippen LogP contribution is -2.63. The van der Waals surface area contributed by atoms with Crippen LogP contribution in [0.25, 0.3) is 11.2 Å². The Morgan fingerprint density at radius 3 is 2.33 bits per heavy atom. The van der Waals surface area contributed by atoms with Gasteiger partial charge in [0.15, 0.2) is 17.0 Å². The molecule has 3 aromatic rings. The number of anilines is 3. The maximum absolute atomic E-state index is 12.4. The molecule has 57 heavy (non-hydrogen) atoms. The molecule has 1 amide bonds. The number of carboxylic acid groups (broad SMARTS) is 2. The Morgan fingerprint density at radius 1 is 0.965 bits per heavy atom. The number of carbonyl (C=O) groups excluding carboxylic acids is 1. The number of carbonyl (C=O) groups is 3. The number of carboxylic acids is 2. The lowest BCUT2D eigenvalue weighted by atomic mass is 9.39. The van der Waals surface area contributed by atoms with Crippen molar-refractivity contribution < 1.29 is 45.0 Å². The van der Waals surface area contributed by atoms with Gasteiger partial charge in [-0.1, -0.05) is 13.8 Å². The average molecular weight is 793 g/mol. The number of fused-ring (bicyclic) bond motifs is 3. The largest absolute Gasteiger partial charge is 0.481 e. The van der Waals surface area contributed by atoms with Gasteiger partial charge >= 0.3 is 11.9 Å². The van der Waals surface area contributed by atoms with Crippen LogP contribution in [0.5, 0.6) is 0 Å². The van der Waals surface area contributed by atoms with Crippen molar-refractivity contribution in [3.8, 4) is 0 Å². The van der Waals surface area contributed by atoms with Crippen molar-refractivity contribution in [3.63, 3.8) is 0 Å². The topological polar surface area (TPSA) is 291 Å². The minimum Gasteiger partial charge on any atom is -0.481 e. The van der Waals surface area contributed by atoms with E-state index in [0.717, 1.165) is 50.6 Å². The number of nitrogens with zero attached hydrogens (tertiary/aromatic N) is 5. The highest BCUT2D eigenvalue weighted by Gasteiger charge is 2.70. The first-order valence-corrected chi connectivity index (χ1v) is 19.6. The lowest BCUT2D eigenvalue weighted by Gasteiger charge is -2.66. The van der Waals surface area contributed by atoms with E-state index in [1.807, 2.05) is 11.9 Å². The number of aliphatic hydroxyl groups is 4. The number of aliphatic hydroxyl groups excluding tert-OH is 3. The Morgan fingerprint density at radius 2 is 1.68 bits per heavy atom. The minimum atomic E-state index is -1.30. The number of aliphatic carboxylic acids is 2. The van der Waals surface area contributed by atoms with Gasteiger partial charge in [-0.2, -0.15) is 9.97 Å². The van der Waals surface area contributed by atoms with Gasteiger partial charge in [-0.3, -0.25) is 9.59 Å². The fraction of sp³-hybridized carbons (Fsp3) is 0.625. The molecular weight excluding hydrogens is 736 g/mol. The number of rotatable bonds is 11. The van der Waals surface area contributed by atoms with Gasteiger partial charge in [0.2, 0.25) is 5.95 Å². The summed E-state index contributed by atoms with van der Waals surface area (Å²) in [5, 5.41) is 61.6. The summed E-state index contributed by atoms with van der Waals surface area (Å²) in [7, 11) is 1.82. The fourth-order valence-corrected chi connectivity index (χ4v) is 11.0. The van der Waals surface area contributed by atoms with Gasteiger partial charge in [0.25, 0.3) is 5.91 Å². The Balaban J connectivity index is 0.000000202. The van der Waals surface area contributed by atoms with Crippen LogP contribution in [0.15, 0.2) is 30.5 Å². The number of nitrogen functional groups attached to an aromatic ring is 2. The zero-order valence-corrected chi connectivity index (χ0v) is 32.8. The van der Waals surface area contributed by atoms with Gasteiger partial charge in [0, 0.05) is 30.1 Å². The van der Waals surface area contributed by atoms with Crippen molar-refractivity contribution in [2.45, 2.75) is 102 Å². The second kappa shape index (κ2) is 15.9. The molecule has 7 rings (SSSR count). The van der Waals surface area contributed by atoms with E-state index >= 15 is 0 Å². The van der Waals surface area contributed by atoms with Crippen LogP contribution >= 0.6 is 0 Å². The van der Waals surface area contributed by atoms with Crippen molar-refractivity contribution >= 4 is 46.5 Å². The fourth-order valence-electron chi connectivity index (χ4n) is 11.0. The number of hydrogen-bond donors (Lipinski definition) is 9. The number of hydrogen-bond acceptors (Lipinski definition) is 14. The SMILES string of the molecule is CN(Cc1cnc2nc(N)nc(N)c2n1)c1ccc(C(=O)N[C@@H](CCC(=O)O)C(=O)O)cc1.C[C@@]1(CO)[C@H](O)CC[C@@]2(C)[C@H]1CC[C@H]1C[C@@H]3C[C@@]12CC[C@]3(O)CO. The number of nitrogens with one attached hydrogen (secondary N) is 1. The molecule has 11 N–H and O–H groups in total. The monoisotopic (exact) mass is 792 g/mol. The lowest BCUT2D eigenvalue weighted by molar-refractivity contribution is -0.216. The first-order chi connectivity index (χ1) is 26.9. The van der Waals surface area contributed by atoms with Crippen molar-refractivity contribution in [2.24, 2.45) is 34.0 Å². The summed E-state index contributed by atoms with van der Waals surface area (Å²) < 4.78 is 0. The normalized spacial score (nSPS) is 31.9. The number of amides is 1. The molecule has 17 heteroatoms. The third-order valence-corrected chi connectivity index (χ3v) is 14.3. The van der Waals surface area contributed by atoms with Crippen LogP contribution in [0, 0.1) is 34.0 Å². The molecule has 310 valence electrons. The van der Waals surface area contributed by atoms with Gasteiger partial charge in [0.1, 0.15) is 6.04 Å². The summed E-state index contributed by atoms with van der Waals surface area (Å²) in [6, 6.07) is 5.16. The second-order valence-electron chi connectivity index (χ2n) is 17.2. The molecule has 2 bridgehead atoms. The van der Waals surface area contributed by atoms with Crippen LogP contribution in [0.2, 0.25) is 0 Å². The van der Waals surface area contributed by atoms with E-state index in [1.165, 1.54) is 12.1 Å². The maximum atomic E-state index is 12.4. The first kappa shape index (κ1) is 41.9. The zero-order valence-electron chi connectivity index (χ0n) is 32.8. The van der Waals surface area contributed by atoms with Crippen LogP contribution in [0.1, 0.15) is 94.1 Å². The second-order valence-corrected chi connectivity index (χ2v) is 17.2. The van der Waals surface area contributed by atoms with Crippen molar-refractivity contribution in [2.75, 3.05) is 36.6 Å². The van der Waals surface area contributed by atoms with E-state index in [4.69, 9.17) is 16.6 Å². The van der Waals surface area contributed by atoms with Gasteiger partial charge in [0.05, 0.1) is 43.4 Å². The highest BCUT2D eigenvalue weighted by Crippen LogP contribution is 2.75. The van der Waals surface area contributed by atoms with E-state index in [1.54, 1.807) is 18.3 Å². The van der Waals surface area contributed by atoms with Crippen LogP contribution in [0.4, 0.5) is 17.5 Å². The molecule has 17 nitrogen and oxygen atoms in total. The maximum Gasteiger partial charge on any atom is 0.326 e. The van der Waals surface area contributed by atoms with Crippen LogP contribution < -0.4 is 21.7 Å². The summed E-state index contributed by atoms with van der Waals surface area (Å²) in [6.45, 7) is 4.80. The summed E-state index contributed by atoms with van der Waals surface area (Å²) in [5.41, 5.74) is 12.7. The molecule has 1 aromatic carbocycles. The van der Waals surface area contributed by atoms with Crippen LogP contribution in [0.3, 0.4) is 0 Å². The molecule has 2 heterocycles. The zero-order chi connectivity index (χ0) is 41.5. The van der Waals surface area contributed by atoms with Gasteiger partial charge in [-0.15, -0.1) is 0 Å². The molecule has 4 saturated carbocycles. The summed E-state index contributed by atoms with van der Waals surface area (Å²) >= 11 is 0. The van der Waals surface area contributed by atoms with E-state index in [2.05, 4.69) is 39.1 Å². The summed E-state index contributed by atoms with van der Waals surface area (Å²) in [6.07, 6.45) is 8.29. The van der Waals surface area contributed by atoms with Gasteiger partial charge in [-0.25, -0.2) is 14.8 Å². The minimum absolute atomic E-state index is 0.0138. The highest BCUT2D eigenvalue weighted by molar-refractivity contribution is 5.97. The quantitative estimate of drug-likeness (QED) is 0.135. The average Bonchev–Trinajstić information content (AvgIpc) is 3.53. The van der Waals surface area contributed by atoms with E-state index < -0.39 is 41.0 Å². The van der Waals surface area contributed by atoms with Crippen molar-refractivity contribution in [3.05, 3.63) is 41.7 Å². The molecule has 0 aliphatic heterocycles. The number of benzene rings is 1. The molecule has 1 spiro atoms. The third-order valence-electron chi connectivity index (χ3n) is 14.3.